The van der Waals surface area contributed by atoms with E-state index in [0.717, 1.165) is 17.1 Å². The first kappa shape index (κ1) is 32.5. The van der Waals surface area contributed by atoms with Crippen LogP contribution in [0.3, 0.4) is 0 Å². The maximum absolute atomic E-state index is 2.45. The van der Waals surface area contributed by atoms with Gasteiger partial charge in [0.2, 0.25) is 0 Å². The average Bonchev–Trinajstić information content (AvgIpc) is 3.48. The van der Waals surface area contributed by atoms with Crippen LogP contribution in [-0.2, 0) is 5.41 Å². The van der Waals surface area contributed by atoms with Gasteiger partial charge in [-0.25, -0.2) is 0 Å². The Kier molecular flexibility index (Phi) is 7.28. The van der Waals surface area contributed by atoms with Crippen LogP contribution >= 0.6 is 0 Å². The second-order valence-electron chi connectivity index (χ2n) is 15.7. The van der Waals surface area contributed by atoms with Gasteiger partial charge in [0.1, 0.15) is 0 Å². The Morgan fingerprint density at radius 3 is 1.77 bits per heavy atom. The molecular formula is C55H39N. The number of rotatable bonds is 5. The Morgan fingerprint density at radius 1 is 0.339 bits per heavy atom. The van der Waals surface area contributed by atoms with Crippen LogP contribution in [0, 0.1) is 0 Å². The van der Waals surface area contributed by atoms with Crippen LogP contribution in [0.5, 0.6) is 0 Å². The van der Waals surface area contributed by atoms with Crippen molar-refractivity contribution >= 4 is 60.2 Å². The van der Waals surface area contributed by atoms with E-state index in [1.54, 1.807) is 0 Å². The molecule has 10 aromatic carbocycles. The molecule has 1 nitrogen and oxygen atoms in total. The predicted molar refractivity (Wildman–Crippen MR) is 240 cm³/mol. The molecular weight excluding hydrogens is 675 g/mol. The largest absolute Gasteiger partial charge is 0.310 e. The minimum atomic E-state index is -0.108. The van der Waals surface area contributed by atoms with Crippen molar-refractivity contribution in [2.45, 2.75) is 19.3 Å². The van der Waals surface area contributed by atoms with Crippen LogP contribution in [0.2, 0.25) is 0 Å². The number of benzene rings is 10. The van der Waals surface area contributed by atoms with E-state index in [0.29, 0.717) is 0 Å². The fraction of sp³-hybridized carbons (Fsp3) is 0.0545. The highest BCUT2D eigenvalue weighted by Crippen LogP contribution is 2.51. The zero-order valence-electron chi connectivity index (χ0n) is 31.5. The highest BCUT2D eigenvalue weighted by Gasteiger charge is 2.35. The molecule has 0 saturated heterocycles. The van der Waals surface area contributed by atoms with Gasteiger partial charge in [-0.1, -0.05) is 172 Å². The number of para-hydroxylation sites is 1. The van der Waals surface area contributed by atoms with Crippen molar-refractivity contribution in [2.24, 2.45) is 0 Å². The van der Waals surface area contributed by atoms with E-state index < -0.39 is 0 Å². The summed E-state index contributed by atoms with van der Waals surface area (Å²) in [5.74, 6) is 0. The van der Waals surface area contributed by atoms with Crippen molar-refractivity contribution in [1.29, 1.82) is 0 Å². The lowest BCUT2D eigenvalue weighted by Crippen LogP contribution is -2.16. The summed E-state index contributed by atoms with van der Waals surface area (Å²) < 4.78 is 0. The van der Waals surface area contributed by atoms with Gasteiger partial charge in [-0.2, -0.15) is 0 Å². The van der Waals surface area contributed by atoms with E-state index in [-0.39, 0.29) is 5.41 Å². The minimum Gasteiger partial charge on any atom is -0.310 e. The molecule has 0 heterocycles. The molecule has 0 radical (unpaired) electrons. The molecule has 0 saturated carbocycles. The topological polar surface area (TPSA) is 3.24 Å². The number of nitrogens with zero attached hydrogens (tertiary/aromatic N) is 1. The Hall–Kier alpha value is -6.96. The third kappa shape index (κ3) is 5.08. The fourth-order valence-corrected chi connectivity index (χ4v) is 9.35. The van der Waals surface area contributed by atoms with Crippen molar-refractivity contribution < 1.29 is 0 Å². The fourth-order valence-electron chi connectivity index (χ4n) is 9.35. The van der Waals surface area contributed by atoms with Gasteiger partial charge < -0.3 is 4.90 Å². The van der Waals surface area contributed by atoms with E-state index in [4.69, 9.17) is 0 Å². The molecule has 0 amide bonds. The summed E-state index contributed by atoms with van der Waals surface area (Å²) in [6.07, 6.45) is 0. The normalized spacial score (nSPS) is 13.0. The van der Waals surface area contributed by atoms with E-state index in [1.807, 2.05) is 0 Å². The molecule has 0 aliphatic heterocycles. The molecule has 56 heavy (non-hydrogen) atoms. The summed E-state index contributed by atoms with van der Waals surface area (Å²) in [4.78, 5) is 2.45. The van der Waals surface area contributed by atoms with E-state index in [9.17, 15) is 0 Å². The summed E-state index contributed by atoms with van der Waals surface area (Å²) in [6.45, 7) is 4.72. The molecule has 10 aromatic rings. The smallest absolute Gasteiger partial charge is 0.0540 e. The molecule has 1 heteroatoms. The lowest BCUT2D eigenvalue weighted by molar-refractivity contribution is 0.660. The van der Waals surface area contributed by atoms with Crippen LogP contribution in [0.1, 0.15) is 25.0 Å². The summed E-state index contributed by atoms with van der Waals surface area (Å²) in [6, 6.07) is 74.0. The van der Waals surface area contributed by atoms with Crippen molar-refractivity contribution in [1.82, 2.24) is 0 Å². The molecule has 0 atom stereocenters. The highest BCUT2D eigenvalue weighted by molar-refractivity contribution is 6.20. The first-order chi connectivity index (χ1) is 27.5. The maximum atomic E-state index is 2.45. The van der Waals surface area contributed by atoms with Crippen LogP contribution < -0.4 is 4.90 Å². The van der Waals surface area contributed by atoms with Crippen LogP contribution in [-0.4, -0.2) is 0 Å². The Labute approximate surface area is 327 Å². The molecule has 264 valence electrons. The van der Waals surface area contributed by atoms with E-state index in [1.165, 1.54) is 87.6 Å². The Morgan fingerprint density at radius 2 is 0.911 bits per heavy atom. The standard InChI is InChI=1S/C55H39N/c1-55(2)51-17-9-7-16-49(51)50-32-30-45(35-52(50)55)56(53-18-10-8-14-46(53)42-23-19-36-11-3-4-13-40(36)33-42)44-28-25-37(26-29-44)41-27-31-48-43(34-41)24-22-39-21-20-38-12-5-6-15-47(38)54(39)48/h3-35H,1-2H3. The first-order valence-electron chi connectivity index (χ1n) is 19.6. The van der Waals surface area contributed by atoms with E-state index in [2.05, 4.69) is 219 Å². The Bertz CT molecular complexity index is 3170. The zero-order chi connectivity index (χ0) is 37.4. The van der Waals surface area contributed by atoms with Crippen LogP contribution in [0.15, 0.2) is 200 Å². The van der Waals surface area contributed by atoms with Crippen LogP contribution in [0.4, 0.5) is 17.1 Å². The number of hydrogen-bond acceptors (Lipinski definition) is 1. The summed E-state index contributed by atoms with van der Waals surface area (Å²) in [5, 5.41) is 10.2. The lowest BCUT2D eigenvalue weighted by Gasteiger charge is -2.30. The molecule has 1 aliphatic carbocycles. The van der Waals surface area contributed by atoms with Crippen molar-refractivity contribution in [3.8, 4) is 33.4 Å². The quantitative estimate of drug-likeness (QED) is 0.161. The van der Waals surface area contributed by atoms with Gasteiger partial charge >= 0.3 is 0 Å². The van der Waals surface area contributed by atoms with Crippen molar-refractivity contribution in [3.05, 3.63) is 211 Å². The van der Waals surface area contributed by atoms with Gasteiger partial charge in [-0.05, 0) is 124 Å². The molecule has 0 spiro atoms. The highest BCUT2D eigenvalue weighted by atomic mass is 15.1. The molecule has 0 aromatic heterocycles. The van der Waals surface area contributed by atoms with Gasteiger partial charge in [-0.15, -0.1) is 0 Å². The Balaban J connectivity index is 1.05. The third-order valence-corrected chi connectivity index (χ3v) is 12.2. The van der Waals surface area contributed by atoms with Gasteiger partial charge in [-0.3, -0.25) is 0 Å². The average molecular weight is 714 g/mol. The number of hydrogen-bond donors (Lipinski definition) is 0. The number of fused-ring (bicyclic) bond motifs is 9. The first-order valence-corrected chi connectivity index (χ1v) is 19.6. The lowest BCUT2D eigenvalue weighted by atomic mass is 9.82. The SMILES string of the molecule is CC1(C)c2ccccc2-c2ccc(N(c3ccc(-c4ccc5c(ccc6ccc7ccccc7c65)c4)cc3)c3ccccc3-c3ccc4ccccc4c3)cc21. The monoisotopic (exact) mass is 713 g/mol. The van der Waals surface area contributed by atoms with Crippen molar-refractivity contribution in [3.63, 3.8) is 0 Å². The van der Waals surface area contributed by atoms with Gasteiger partial charge in [0.15, 0.2) is 0 Å². The summed E-state index contributed by atoms with van der Waals surface area (Å²) >= 11 is 0. The molecule has 0 N–H and O–H groups in total. The minimum absolute atomic E-state index is 0.108. The molecule has 0 bridgehead atoms. The van der Waals surface area contributed by atoms with Crippen LogP contribution in [0.25, 0.3) is 76.5 Å². The third-order valence-electron chi connectivity index (χ3n) is 12.2. The molecule has 1 aliphatic rings. The predicted octanol–water partition coefficient (Wildman–Crippen LogP) is 15.4. The van der Waals surface area contributed by atoms with Gasteiger partial charge in [0.25, 0.3) is 0 Å². The summed E-state index contributed by atoms with van der Waals surface area (Å²) in [5.41, 5.74) is 13.5. The second-order valence-corrected chi connectivity index (χ2v) is 15.7. The van der Waals surface area contributed by atoms with Gasteiger partial charge in [0.05, 0.1) is 5.69 Å². The maximum Gasteiger partial charge on any atom is 0.0540 e. The van der Waals surface area contributed by atoms with Gasteiger partial charge in [0, 0.05) is 22.4 Å². The molecule has 0 unspecified atom stereocenters. The summed E-state index contributed by atoms with van der Waals surface area (Å²) in [7, 11) is 0. The molecule has 11 rings (SSSR count). The van der Waals surface area contributed by atoms with E-state index >= 15 is 0 Å². The second kappa shape index (κ2) is 12.5. The molecule has 0 fully saturated rings. The zero-order valence-corrected chi connectivity index (χ0v) is 31.5. The van der Waals surface area contributed by atoms with Crippen molar-refractivity contribution in [2.75, 3.05) is 4.90 Å². The number of anilines is 3.